The van der Waals surface area contributed by atoms with Crippen molar-refractivity contribution in [3.05, 3.63) is 86.6 Å². The number of nitrogens with one attached hydrogen (secondary N) is 1. The predicted molar refractivity (Wildman–Crippen MR) is 116 cm³/mol. The van der Waals surface area contributed by atoms with E-state index in [1.54, 1.807) is 18.2 Å². The number of halogens is 1. The number of amides is 1. The number of anilines is 1. The fourth-order valence-corrected chi connectivity index (χ4v) is 3.02. The maximum absolute atomic E-state index is 13.7. The zero-order valence-electron chi connectivity index (χ0n) is 17.8. The van der Waals surface area contributed by atoms with Crippen LogP contribution >= 0.6 is 0 Å². The number of carbonyl (C=O) groups is 1. The molecule has 0 saturated carbocycles. The minimum absolute atomic E-state index is 0.0513. The molecule has 2 aromatic carbocycles. The van der Waals surface area contributed by atoms with Crippen LogP contribution in [0.5, 0.6) is 0 Å². The monoisotopic (exact) mass is 450 g/mol. The van der Waals surface area contributed by atoms with Gasteiger partial charge in [-0.25, -0.2) is 9.18 Å². The van der Waals surface area contributed by atoms with Gasteiger partial charge < -0.3 is 9.84 Å². The number of para-hydroxylation sites is 1. The van der Waals surface area contributed by atoms with E-state index in [4.69, 9.17) is 4.52 Å². The number of nitrogens with zero attached hydrogens (tertiary/aromatic N) is 5. The van der Waals surface area contributed by atoms with Crippen LogP contribution < -0.4 is 16.6 Å². The lowest BCUT2D eigenvalue weighted by Crippen LogP contribution is -2.40. The average Bonchev–Trinajstić information content (AvgIpc) is 3.27. The van der Waals surface area contributed by atoms with Crippen molar-refractivity contribution >= 4 is 11.6 Å². The highest BCUT2D eigenvalue weighted by Gasteiger charge is 2.19. The molecule has 0 aliphatic carbocycles. The highest BCUT2D eigenvalue weighted by molar-refractivity contribution is 5.90. The van der Waals surface area contributed by atoms with E-state index < -0.39 is 23.0 Å². The Labute approximate surface area is 186 Å². The molecule has 1 amide bonds. The summed E-state index contributed by atoms with van der Waals surface area (Å²) >= 11 is 0. The first-order valence-electron chi connectivity index (χ1n) is 9.98. The van der Waals surface area contributed by atoms with Crippen LogP contribution in [0.2, 0.25) is 0 Å². The minimum Gasteiger partial charge on any atom is -0.339 e. The highest BCUT2D eigenvalue weighted by atomic mass is 19.1. The number of benzene rings is 2. The summed E-state index contributed by atoms with van der Waals surface area (Å²) in [7, 11) is 1.33. The summed E-state index contributed by atoms with van der Waals surface area (Å²) in [5.74, 6) is -1.01. The summed E-state index contributed by atoms with van der Waals surface area (Å²) in [4.78, 5) is 41.4. The minimum atomic E-state index is -0.687. The number of aryl methyl sites for hydroxylation is 2. The third-order valence-electron chi connectivity index (χ3n) is 4.85. The van der Waals surface area contributed by atoms with E-state index in [9.17, 15) is 18.8 Å². The van der Waals surface area contributed by atoms with E-state index in [0.717, 1.165) is 14.8 Å². The maximum atomic E-state index is 13.7. The maximum Gasteiger partial charge on any atom is 0.351 e. The first-order valence-corrected chi connectivity index (χ1v) is 9.98. The van der Waals surface area contributed by atoms with Gasteiger partial charge in [0.25, 0.3) is 5.56 Å². The Kier molecular flexibility index (Phi) is 5.94. The summed E-state index contributed by atoms with van der Waals surface area (Å²) in [5.41, 5.74) is 0.0482. The number of carbonyl (C=O) groups excluding carboxylic acids is 1. The SMILES string of the molecule is Cc1ccc(-n2nc(-c3noc(CCC(=O)Nc4ccccc4F)n3)c(=O)n(C)c2=O)cc1. The van der Waals surface area contributed by atoms with E-state index in [2.05, 4.69) is 20.6 Å². The van der Waals surface area contributed by atoms with Crippen LogP contribution in [0.25, 0.3) is 17.2 Å². The Bertz CT molecular complexity index is 1440. The Morgan fingerprint density at radius 3 is 2.58 bits per heavy atom. The van der Waals surface area contributed by atoms with Gasteiger partial charge in [0.1, 0.15) is 5.82 Å². The van der Waals surface area contributed by atoms with Gasteiger partial charge in [-0.15, -0.1) is 0 Å². The van der Waals surface area contributed by atoms with E-state index in [-0.39, 0.29) is 35.9 Å². The van der Waals surface area contributed by atoms with E-state index >= 15 is 0 Å². The van der Waals surface area contributed by atoms with Gasteiger partial charge >= 0.3 is 5.69 Å². The van der Waals surface area contributed by atoms with E-state index in [1.807, 2.05) is 19.1 Å². The zero-order chi connectivity index (χ0) is 23.5. The summed E-state index contributed by atoms with van der Waals surface area (Å²) in [6.07, 6.45) is 0.00940. The molecule has 10 nitrogen and oxygen atoms in total. The molecular weight excluding hydrogens is 431 g/mol. The smallest absolute Gasteiger partial charge is 0.339 e. The molecular formula is C22H19FN6O4. The molecule has 0 aliphatic heterocycles. The number of hydrogen-bond acceptors (Lipinski definition) is 7. The van der Waals surface area contributed by atoms with Gasteiger partial charge in [-0.05, 0) is 31.2 Å². The average molecular weight is 450 g/mol. The zero-order valence-corrected chi connectivity index (χ0v) is 17.8. The second-order valence-electron chi connectivity index (χ2n) is 7.28. The van der Waals surface area contributed by atoms with Gasteiger partial charge in [-0.1, -0.05) is 35.0 Å². The lowest BCUT2D eigenvalue weighted by atomic mass is 10.2. The number of rotatable bonds is 6. The van der Waals surface area contributed by atoms with E-state index in [1.165, 1.54) is 25.2 Å². The summed E-state index contributed by atoms with van der Waals surface area (Å²) in [6.45, 7) is 1.91. The molecule has 4 aromatic rings. The van der Waals surface area contributed by atoms with Crippen molar-refractivity contribution in [2.24, 2.45) is 7.05 Å². The van der Waals surface area contributed by atoms with Crippen molar-refractivity contribution in [2.75, 3.05) is 5.32 Å². The quantitative estimate of drug-likeness (QED) is 0.476. The van der Waals surface area contributed by atoms with Crippen LogP contribution in [-0.4, -0.2) is 30.4 Å². The molecule has 0 unspecified atom stereocenters. The first-order chi connectivity index (χ1) is 15.8. The molecule has 2 aromatic heterocycles. The molecule has 0 aliphatic rings. The summed E-state index contributed by atoms with van der Waals surface area (Å²) < 4.78 is 20.8. The molecule has 0 atom stereocenters. The Balaban J connectivity index is 1.55. The second kappa shape index (κ2) is 8.99. The number of hydrogen-bond donors (Lipinski definition) is 1. The Morgan fingerprint density at radius 2 is 1.85 bits per heavy atom. The number of aromatic nitrogens is 5. The topological polar surface area (TPSA) is 125 Å². The molecule has 168 valence electrons. The van der Waals surface area contributed by atoms with Gasteiger partial charge in [0.05, 0.1) is 11.4 Å². The lowest BCUT2D eigenvalue weighted by Gasteiger charge is -2.08. The molecule has 33 heavy (non-hydrogen) atoms. The molecule has 4 rings (SSSR count). The molecule has 2 heterocycles. The molecule has 1 N–H and O–H groups in total. The van der Waals surface area contributed by atoms with Crippen LogP contribution in [-0.2, 0) is 18.3 Å². The molecule has 0 saturated heterocycles. The molecule has 0 bridgehead atoms. The second-order valence-corrected chi connectivity index (χ2v) is 7.28. The van der Waals surface area contributed by atoms with Crippen molar-refractivity contribution in [3.63, 3.8) is 0 Å². The summed E-state index contributed by atoms with van der Waals surface area (Å²) in [6, 6.07) is 12.8. The van der Waals surface area contributed by atoms with Crippen LogP contribution in [0, 0.1) is 12.7 Å². The fraction of sp³-hybridized carbons (Fsp3) is 0.182. The normalized spacial score (nSPS) is 10.9. The fourth-order valence-electron chi connectivity index (χ4n) is 3.02. The standard InChI is InChI=1S/C22H19FN6O4/c1-13-7-9-14(10-8-13)29-22(32)28(2)21(31)19(26-29)20-25-18(33-27-20)12-11-17(30)24-16-6-4-3-5-15(16)23/h3-10H,11-12H2,1-2H3,(H,24,30). The predicted octanol–water partition coefficient (Wildman–Crippen LogP) is 2.00. The van der Waals surface area contributed by atoms with Gasteiger partial charge in [0.15, 0.2) is 5.69 Å². The first kappa shape index (κ1) is 21.8. The van der Waals surface area contributed by atoms with Gasteiger partial charge in [0.2, 0.25) is 17.6 Å². The van der Waals surface area contributed by atoms with Crippen LogP contribution in [0.15, 0.2) is 62.6 Å². The Morgan fingerprint density at radius 1 is 1.12 bits per heavy atom. The molecule has 0 fully saturated rings. The third-order valence-corrected chi connectivity index (χ3v) is 4.85. The van der Waals surface area contributed by atoms with Crippen molar-refractivity contribution in [1.29, 1.82) is 0 Å². The van der Waals surface area contributed by atoms with Crippen LogP contribution in [0.1, 0.15) is 17.9 Å². The molecule has 0 spiro atoms. The molecule has 0 radical (unpaired) electrons. The van der Waals surface area contributed by atoms with Gasteiger partial charge in [-0.3, -0.25) is 14.2 Å². The Hall–Kier alpha value is -4.41. The van der Waals surface area contributed by atoms with Crippen molar-refractivity contribution in [2.45, 2.75) is 19.8 Å². The van der Waals surface area contributed by atoms with Gasteiger partial charge in [0, 0.05) is 19.9 Å². The third kappa shape index (κ3) is 4.61. The highest BCUT2D eigenvalue weighted by Crippen LogP contribution is 2.14. The van der Waals surface area contributed by atoms with Crippen molar-refractivity contribution in [3.8, 4) is 17.2 Å². The summed E-state index contributed by atoms with van der Waals surface area (Å²) in [5, 5.41) is 10.4. The van der Waals surface area contributed by atoms with Crippen LogP contribution in [0.3, 0.4) is 0 Å². The largest absolute Gasteiger partial charge is 0.351 e. The van der Waals surface area contributed by atoms with Crippen molar-refractivity contribution < 1.29 is 13.7 Å². The van der Waals surface area contributed by atoms with E-state index in [0.29, 0.717) is 5.69 Å². The van der Waals surface area contributed by atoms with Crippen molar-refractivity contribution in [1.82, 2.24) is 24.5 Å². The van der Waals surface area contributed by atoms with Crippen LogP contribution in [0.4, 0.5) is 10.1 Å². The molecule has 11 heteroatoms. The van der Waals surface area contributed by atoms with Gasteiger partial charge in [-0.2, -0.15) is 14.8 Å². The lowest BCUT2D eigenvalue weighted by molar-refractivity contribution is -0.116.